The first-order chi connectivity index (χ1) is 13.4. The number of aromatic nitrogens is 2. The molecule has 0 saturated heterocycles. The maximum Gasteiger partial charge on any atom is 0.226 e. The van der Waals surface area contributed by atoms with Crippen LogP contribution in [0.3, 0.4) is 0 Å². The molecule has 1 aliphatic heterocycles. The van der Waals surface area contributed by atoms with Gasteiger partial charge < -0.3 is 10.4 Å². The summed E-state index contributed by atoms with van der Waals surface area (Å²) in [5, 5.41) is 17.0. The minimum atomic E-state index is -0.604. The summed E-state index contributed by atoms with van der Waals surface area (Å²) >= 11 is 0. The van der Waals surface area contributed by atoms with E-state index in [-0.39, 0.29) is 23.9 Å². The van der Waals surface area contributed by atoms with Crippen molar-refractivity contribution >= 4 is 17.5 Å². The number of aryl methyl sites for hydroxylation is 2. The van der Waals surface area contributed by atoms with Crippen molar-refractivity contribution in [3.63, 3.8) is 0 Å². The van der Waals surface area contributed by atoms with E-state index < -0.39 is 5.92 Å². The molecule has 0 saturated carbocycles. The van der Waals surface area contributed by atoms with Gasteiger partial charge in [-0.3, -0.25) is 9.59 Å². The number of anilines is 1. The lowest BCUT2D eigenvalue weighted by Gasteiger charge is -2.23. The van der Waals surface area contributed by atoms with Crippen LogP contribution in [0.2, 0.25) is 0 Å². The number of carbonyl (C=O) groups is 2. The zero-order chi connectivity index (χ0) is 20.0. The lowest BCUT2D eigenvalue weighted by molar-refractivity contribution is -0.116. The molecule has 0 radical (unpaired) electrons. The van der Waals surface area contributed by atoms with Crippen molar-refractivity contribution < 1.29 is 14.7 Å². The van der Waals surface area contributed by atoms with Crippen LogP contribution in [-0.4, -0.2) is 26.6 Å². The first kappa shape index (κ1) is 18.0. The number of carbonyl (C=O) groups excluding carboxylic acids is 2. The molecule has 1 unspecified atom stereocenters. The molecule has 142 valence electrons. The number of hydrogen-bond donors (Lipinski definition) is 2. The number of nitrogens with one attached hydrogen (secondary N) is 1. The lowest BCUT2D eigenvalue weighted by atomic mass is 9.85. The van der Waals surface area contributed by atoms with E-state index in [0.717, 1.165) is 22.4 Å². The average molecular weight is 375 g/mol. The number of phenols is 1. The van der Waals surface area contributed by atoms with E-state index in [2.05, 4.69) is 10.4 Å². The number of ketones is 1. The summed E-state index contributed by atoms with van der Waals surface area (Å²) in [4.78, 5) is 25.6. The number of aromatic hydroxyl groups is 1. The Balaban J connectivity index is 1.84. The molecule has 0 fully saturated rings. The molecule has 2 heterocycles. The Bertz CT molecular complexity index is 1100. The molecule has 28 heavy (non-hydrogen) atoms. The van der Waals surface area contributed by atoms with Gasteiger partial charge in [-0.2, -0.15) is 5.10 Å². The zero-order valence-electron chi connectivity index (χ0n) is 16.0. The normalized spacial score (nSPS) is 15.8. The van der Waals surface area contributed by atoms with E-state index in [0.29, 0.717) is 17.1 Å². The van der Waals surface area contributed by atoms with Gasteiger partial charge in [-0.05, 0) is 62.2 Å². The number of hydrogen-bond acceptors (Lipinski definition) is 4. The minimum Gasteiger partial charge on any atom is -0.508 e. The molecule has 6 heteroatoms. The van der Waals surface area contributed by atoms with E-state index in [1.165, 1.54) is 12.1 Å². The largest absolute Gasteiger partial charge is 0.508 e. The molecule has 4 rings (SSSR count). The Morgan fingerprint density at radius 3 is 2.57 bits per heavy atom. The van der Waals surface area contributed by atoms with Gasteiger partial charge in [-0.1, -0.05) is 12.1 Å². The molecular formula is C22H21N3O3. The number of amides is 1. The Kier molecular flexibility index (Phi) is 4.26. The predicted octanol–water partition coefficient (Wildman–Crippen LogP) is 3.81. The molecule has 0 spiro atoms. The van der Waals surface area contributed by atoms with Crippen molar-refractivity contribution in [3.05, 3.63) is 70.4 Å². The van der Waals surface area contributed by atoms with E-state index >= 15 is 0 Å². The van der Waals surface area contributed by atoms with Crippen LogP contribution in [0.5, 0.6) is 5.75 Å². The van der Waals surface area contributed by atoms with Crippen LogP contribution >= 0.6 is 0 Å². The molecule has 1 aliphatic rings. The third-order valence-electron chi connectivity index (χ3n) is 5.38. The van der Waals surface area contributed by atoms with E-state index in [9.17, 15) is 14.7 Å². The van der Waals surface area contributed by atoms with Crippen molar-refractivity contribution in [1.82, 2.24) is 9.78 Å². The van der Waals surface area contributed by atoms with Gasteiger partial charge in [-0.15, -0.1) is 0 Å². The van der Waals surface area contributed by atoms with Crippen LogP contribution in [0.4, 0.5) is 5.82 Å². The topological polar surface area (TPSA) is 84.2 Å². The smallest absolute Gasteiger partial charge is 0.226 e. The van der Waals surface area contributed by atoms with E-state index in [4.69, 9.17) is 0 Å². The predicted molar refractivity (Wildman–Crippen MR) is 106 cm³/mol. The Labute approximate surface area is 162 Å². The molecule has 0 bridgehead atoms. The number of nitrogens with zero attached hydrogens (tertiary/aromatic N) is 2. The molecule has 1 amide bonds. The molecule has 2 N–H and O–H groups in total. The highest BCUT2D eigenvalue weighted by Gasteiger charge is 2.36. The van der Waals surface area contributed by atoms with Gasteiger partial charge in [0.1, 0.15) is 11.6 Å². The van der Waals surface area contributed by atoms with Gasteiger partial charge in [0.2, 0.25) is 5.91 Å². The molecular weight excluding hydrogens is 354 g/mol. The number of rotatable bonds is 3. The molecule has 6 nitrogen and oxygen atoms in total. The molecule has 1 atom stereocenters. The van der Waals surface area contributed by atoms with Crippen LogP contribution in [-0.2, 0) is 4.79 Å². The van der Waals surface area contributed by atoms with Gasteiger partial charge in [0, 0.05) is 17.5 Å². The second-order valence-electron chi connectivity index (χ2n) is 7.19. The van der Waals surface area contributed by atoms with Crippen molar-refractivity contribution in [2.45, 2.75) is 33.1 Å². The number of phenolic OH excluding ortho intramolecular Hbond substituents is 1. The zero-order valence-corrected chi connectivity index (χ0v) is 16.0. The fourth-order valence-corrected chi connectivity index (χ4v) is 3.74. The lowest BCUT2D eigenvalue weighted by Crippen LogP contribution is -2.28. The third-order valence-corrected chi connectivity index (χ3v) is 5.38. The fourth-order valence-electron chi connectivity index (χ4n) is 3.74. The first-order valence-corrected chi connectivity index (χ1v) is 9.16. The van der Waals surface area contributed by atoms with Crippen molar-refractivity contribution in [2.24, 2.45) is 0 Å². The highest BCUT2D eigenvalue weighted by atomic mass is 16.3. The van der Waals surface area contributed by atoms with E-state index in [1.54, 1.807) is 16.8 Å². The summed E-state index contributed by atoms with van der Waals surface area (Å²) in [7, 11) is 0. The highest BCUT2D eigenvalue weighted by Crippen LogP contribution is 2.38. The second kappa shape index (κ2) is 6.64. The molecule has 2 aromatic carbocycles. The molecule has 1 aromatic heterocycles. The third kappa shape index (κ3) is 2.87. The van der Waals surface area contributed by atoms with Crippen molar-refractivity contribution in [3.8, 4) is 11.4 Å². The monoisotopic (exact) mass is 375 g/mol. The van der Waals surface area contributed by atoms with Gasteiger partial charge in [0.15, 0.2) is 5.78 Å². The second-order valence-corrected chi connectivity index (χ2v) is 7.19. The molecule has 0 aliphatic carbocycles. The van der Waals surface area contributed by atoms with E-state index in [1.807, 2.05) is 39.0 Å². The van der Waals surface area contributed by atoms with Gasteiger partial charge >= 0.3 is 0 Å². The van der Waals surface area contributed by atoms with Gasteiger partial charge in [0.05, 0.1) is 17.3 Å². The summed E-state index contributed by atoms with van der Waals surface area (Å²) < 4.78 is 1.72. The SMILES string of the molecule is Cc1cccc(-n2nc(C)c3c2NC(=O)CC3C(=O)c2ccc(O)cc2)c1C. The summed E-state index contributed by atoms with van der Waals surface area (Å²) in [6.45, 7) is 5.89. The van der Waals surface area contributed by atoms with Gasteiger partial charge in [0.25, 0.3) is 0 Å². The standard InChI is InChI=1S/C22H21N3O3/c1-12-5-4-6-18(13(12)2)25-22-20(14(3)24-25)17(11-19(27)23-22)21(28)15-7-9-16(26)10-8-15/h4-10,17,26H,11H2,1-3H3,(H,23,27). The van der Waals surface area contributed by atoms with Crippen LogP contribution in [0.25, 0.3) is 5.69 Å². The first-order valence-electron chi connectivity index (χ1n) is 9.16. The highest BCUT2D eigenvalue weighted by molar-refractivity contribution is 6.08. The number of benzene rings is 2. The Morgan fingerprint density at radius 1 is 1.14 bits per heavy atom. The summed E-state index contributed by atoms with van der Waals surface area (Å²) in [6, 6.07) is 12.0. The van der Waals surface area contributed by atoms with Crippen molar-refractivity contribution in [2.75, 3.05) is 5.32 Å². The Hall–Kier alpha value is -3.41. The summed E-state index contributed by atoms with van der Waals surface area (Å²) in [6.07, 6.45) is 0.0754. The maximum atomic E-state index is 13.1. The quantitative estimate of drug-likeness (QED) is 0.682. The van der Waals surface area contributed by atoms with Crippen LogP contribution in [0.15, 0.2) is 42.5 Å². The summed E-state index contributed by atoms with van der Waals surface area (Å²) in [5.41, 5.74) is 4.99. The van der Waals surface area contributed by atoms with Gasteiger partial charge in [-0.25, -0.2) is 4.68 Å². The van der Waals surface area contributed by atoms with Crippen LogP contribution in [0.1, 0.15) is 45.1 Å². The maximum absolute atomic E-state index is 13.1. The fraction of sp³-hybridized carbons (Fsp3) is 0.227. The van der Waals surface area contributed by atoms with Crippen LogP contribution in [0, 0.1) is 20.8 Å². The van der Waals surface area contributed by atoms with Crippen LogP contribution < -0.4 is 5.32 Å². The average Bonchev–Trinajstić information content (AvgIpc) is 2.99. The molecule has 3 aromatic rings. The number of fused-ring (bicyclic) bond motifs is 1. The summed E-state index contributed by atoms with van der Waals surface area (Å²) in [5.74, 6) is -0.319. The van der Waals surface area contributed by atoms with Crippen molar-refractivity contribution in [1.29, 1.82) is 0 Å². The number of Topliss-reactive ketones (excluding diaryl/α,β-unsaturated/α-hetero) is 1. The minimum absolute atomic E-state index is 0.0754. The Morgan fingerprint density at radius 2 is 1.86 bits per heavy atom.